The Morgan fingerprint density at radius 1 is 0.880 bits per heavy atom. The number of ether oxygens (including phenoxy) is 4. The van der Waals surface area contributed by atoms with E-state index in [4.69, 9.17) is 18.9 Å². The van der Waals surface area contributed by atoms with E-state index in [1.54, 1.807) is 33.5 Å². The van der Waals surface area contributed by atoms with Crippen LogP contribution in [0.2, 0.25) is 0 Å². The molecular weight excluding hydrogens is 320 g/mol. The number of phenols is 1. The zero-order valence-corrected chi connectivity index (χ0v) is 15.3. The lowest BCUT2D eigenvalue weighted by atomic mass is 9.99. The molecule has 0 unspecified atom stereocenters. The Morgan fingerprint density at radius 3 is 1.92 bits per heavy atom. The number of rotatable bonds is 7. The number of hydrogen-bond acceptors (Lipinski definition) is 5. The van der Waals surface area contributed by atoms with Crippen molar-refractivity contribution in [3.05, 3.63) is 41.5 Å². The third-order valence-electron chi connectivity index (χ3n) is 3.96. The summed E-state index contributed by atoms with van der Waals surface area (Å²) in [4.78, 5) is 0. The molecule has 0 radical (unpaired) electrons. The molecule has 0 saturated carbocycles. The largest absolute Gasteiger partial charge is 0.504 e. The highest BCUT2D eigenvalue weighted by Crippen LogP contribution is 2.39. The smallest absolute Gasteiger partial charge is 0.203 e. The Kier molecular flexibility index (Phi) is 6.17. The minimum atomic E-state index is 0.115. The molecule has 5 heteroatoms. The Hall–Kier alpha value is -2.82. The number of allylic oxidation sites excluding steroid dienone is 1. The van der Waals surface area contributed by atoms with Gasteiger partial charge in [-0.15, -0.1) is 0 Å². The van der Waals surface area contributed by atoms with E-state index >= 15 is 0 Å². The van der Waals surface area contributed by atoms with Gasteiger partial charge in [-0.1, -0.05) is 19.1 Å². The van der Waals surface area contributed by atoms with Crippen LogP contribution in [0.1, 0.15) is 24.5 Å². The van der Waals surface area contributed by atoms with Crippen LogP contribution in [-0.2, 0) is 0 Å². The molecule has 0 fully saturated rings. The topological polar surface area (TPSA) is 57.2 Å². The molecule has 2 aromatic rings. The van der Waals surface area contributed by atoms with E-state index in [2.05, 4.69) is 6.92 Å². The molecular formula is C20H24O5. The molecule has 1 N–H and O–H groups in total. The van der Waals surface area contributed by atoms with Gasteiger partial charge in [0.05, 0.1) is 28.4 Å². The highest BCUT2D eigenvalue weighted by atomic mass is 16.5. The summed E-state index contributed by atoms with van der Waals surface area (Å²) >= 11 is 0. The SMILES string of the molecule is CCC(=Cc1cc(OC)c(OC)c(OC)c1)c1ccc(OC)c(O)c1. The fourth-order valence-corrected chi connectivity index (χ4v) is 2.67. The molecule has 0 aliphatic carbocycles. The first-order valence-corrected chi connectivity index (χ1v) is 7.95. The number of benzene rings is 2. The maximum atomic E-state index is 10.0. The van der Waals surface area contributed by atoms with E-state index in [0.717, 1.165) is 23.1 Å². The van der Waals surface area contributed by atoms with Crippen LogP contribution < -0.4 is 18.9 Å². The lowest BCUT2D eigenvalue weighted by Gasteiger charge is -2.14. The quantitative estimate of drug-likeness (QED) is 0.756. The maximum absolute atomic E-state index is 10.0. The molecule has 2 rings (SSSR count). The normalized spacial score (nSPS) is 11.2. The zero-order valence-electron chi connectivity index (χ0n) is 15.3. The molecule has 0 aromatic heterocycles. The Balaban J connectivity index is 2.50. The van der Waals surface area contributed by atoms with Crippen molar-refractivity contribution in [1.82, 2.24) is 0 Å². The second-order valence-electron chi connectivity index (χ2n) is 5.37. The molecule has 25 heavy (non-hydrogen) atoms. The van der Waals surface area contributed by atoms with Gasteiger partial charge in [-0.2, -0.15) is 0 Å². The molecule has 0 bridgehead atoms. The summed E-state index contributed by atoms with van der Waals surface area (Å²) in [5, 5.41) is 10.0. The van der Waals surface area contributed by atoms with Crippen LogP contribution in [-0.4, -0.2) is 33.5 Å². The molecule has 0 aliphatic heterocycles. The first-order valence-electron chi connectivity index (χ1n) is 7.95. The maximum Gasteiger partial charge on any atom is 0.203 e. The minimum Gasteiger partial charge on any atom is -0.504 e. The van der Waals surface area contributed by atoms with Gasteiger partial charge in [0.25, 0.3) is 0 Å². The lowest BCUT2D eigenvalue weighted by molar-refractivity contribution is 0.324. The van der Waals surface area contributed by atoms with Crippen molar-refractivity contribution < 1.29 is 24.1 Å². The summed E-state index contributed by atoms with van der Waals surface area (Å²) in [7, 11) is 6.29. The van der Waals surface area contributed by atoms with E-state index in [0.29, 0.717) is 23.0 Å². The van der Waals surface area contributed by atoms with Crippen LogP contribution >= 0.6 is 0 Å². The fraction of sp³-hybridized carbons (Fsp3) is 0.300. The Morgan fingerprint density at radius 2 is 1.48 bits per heavy atom. The second-order valence-corrected chi connectivity index (χ2v) is 5.37. The Bertz CT molecular complexity index is 740. The fourth-order valence-electron chi connectivity index (χ4n) is 2.67. The van der Waals surface area contributed by atoms with Gasteiger partial charge in [0.15, 0.2) is 23.0 Å². The molecule has 0 spiro atoms. The van der Waals surface area contributed by atoms with Gasteiger partial charge < -0.3 is 24.1 Å². The number of hydrogen-bond donors (Lipinski definition) is 1. The van der Waals surface area contributed by atoms with Gasteiger partial charge in [0.1, 0.15) is 0 Å². The van der Waals surface area contributed by atoms with Crippen LogP contribution in [0, 0.1) is 0 Å². The first-order chi connectivity index (χ1) is 12.1. The molecule has 0 atom stereocenters. The molecule has 134 valence electrons. The number of methoxy groups -OCH3 is 4. The third kappa shape index (κ3) is 3.99. The van der Waals surface area contributed by atoms with Gasteiger partial charge in [-0.05, 0) is 47.4 Å². The van der Waals surface area contributed by atoms with Crippen LogP contribution in [0.25, 0.3) is 11.6 Å². The van der Waals surface area contributed by atoms with Crippen molar-refractivity contribution in [2.45, 2.75) is 13.3 Å². The van der Waals surface area contributed by atoms with Crippen molar-refractivity contribution in [3.8, 4) is 28.7 Å². The molecule has 0 heterocycles. The first kappa shape index (κ1) is 18.5. The summed E-state index contributed by atoms with van der Waals surface area (Å²) in [5.41, 5.74) is 2.91. The van der Waals surface area contributed by atoms with E-state index in [9.17, 15) is 5.11 Å². The van der Waals surface area contributed by atoms with Gasteiger partial charge >= 0.3 is 0 Å². The highest BCUT2D eigenvalue weighted by Gasteiger charge is 2.13. The summed E-state index contributed by atoms with van der Waals surface area (Å²) in [5.74, 6) is 2.32. The summed E-state index contributed by atoms with van der Waals surface area (Å²) in [6.45, 7) is 2.06. The predicted octanol–water partition coefficient (Wildman–Crippen LogP) is 4.38. The lowest BCUT2D eigenvalue weighted by Crippen LogP contribution is -1.96. The van der Waals surface area contributed by atoms with Crippen molar-refractivity contribution in [1.29, 1.82) is 0 Å². The van der Waals surface area contributed by atoms with Crippen molar-refractivity contribution in [3.63, 3.8) is 0 Å². The minimum absolute atomic E-state index is 0.115. The van der Waals surface area contributed by atoms with Crippen molar-refractivity contribution in [2.75, 3.05) is 28.4 Å². The van der Waals surface area contributed by atoms with Gasteiger partial charge in [0.2, 0.25) is 5.75 Å². The van der Waals surface area contributed by atoms with Gasteiger partial charge in [-0.3, -0.25) is 0 Å². The van der Waals surface area contributed by atoms with E-state index < -0.39 is 0 Å². The summed E-state index contributed by atoms with van der Waals surface area (Å²) < 4.78 is 21.3. The van der Waals surface area contributed by atoms with Crippen molar-refractivity contribution in [2.24, 2.45) is 0 Å². The van der Waals surface area contributed by atoms with Gasteiger partial charge in [-0.25, -0.2) is 0 Å². The molecule has 0 aliphatic rings. The summed E-state index contributed by atoms with van der Waals surface area (Å²) in [6, 6.07) is 9.15. The van der Waals surface area contributed by atoms with Crippen LogP contribution in [0.5, 0.6) is 28.7 Å². The van der Waals surface area contributed by atoms with Crippen LogP contribution in [0.15, 0.2) is 30.3 Å². The standard InChI is InChI=1S/C20H24O5/c1-6-14(15-7-8-17(22-2)16(21)12-15)9-13-10-18(23-3)20(25-5)19(11-13)24-4/h7-12,21H,6H2,1-5H3. The van der Waals surface area contributed by atoms with E-state index in [1.807, 2.05) is 24.3 Å². The Labute approximate surface area is 148 Å². The number of phenolic OH excluding ortho intramolecular Hbond substituents is 1. The predicted molar refractivity (Wildman–Crippen MR) is 98.9 cm³/mol. The van der Waals surface area contributed by atoms with E-state index in [-0.39, 0.29) is 5.75 Å². The van der Waals surface area contributed by atoms with Crippen molar-refractivity contribution >= 4 is 11.6 Å². The molecule has 0 amide bonds. The monoisotopic (exact) mass is 344 g/mol. The summed E-state index contributed by atoms with van der Waals surface area (Å²) in [6.07, 6.45) is 2.83. The second kappa shape index (κ2) is 8.33. The van der Waals surface area contributed by atoms with Gasteiger partial charge in [0, 0.05) is 0 Å². The van der Waals surface area contributed by atoms with Crippen LogP contribution in [0.4, 0.5) is 0 Å². The molecule has 2 aromatic carbocycles. The van der Waals surface area contributed by atoms with E-state index in [1.165, 1.54) is 7.11 Å². The van der Waals surface area contributed by atoms with Crippen LogP contribution in [0.3, 0.4) is 0 Å². The molecule has 5 nitrogen and oxygen atoms in total. The average molecular weight is 344 g/mol. The highest BCUT2D eigenvalue weighted by molar-refractivity contribution is 5.83. The third-order valence-corrected chi connectivity index (χ3v) is 3.96. The number of aromatic hydroxyl groups is 1. The average Bonchev–Trinajstić information content (AvgIpc) is 2.64. The molecule has 0 saturated heterocycles. The zero-order chi connectivity index (χ0) is 18.4.